The van der Waals surface area contributed by atoms with Crippen molar-refractivity contribution in [2.45, 2.75) is 51.5 Å². The summed E-state index contributed by atoms with van der Waals surface area (Å²) in [7, 11) is 1.84. The number of likely N-dealkylation sites (N-methyl/N-ethyl adjacent to an activating group) is 1. The molecule has 1 saturated heterocycles. The van der Waals surface area contributed by atoms with Crippen LogP contribution in [0.1, 0.15) is 44.1 Å². The molecule has 0 unspecified atom stereocenters. The number of nitrogens with one attached hydrogen (secondary N) is 1. The van der Waals surface area contributed by atoms with Gasteiger partial charge in [-0.25, -0.2) is 0 Å². The van der Waals surface area contributed by atoms with Crippen LogP contribution in [0.2, 0.25) is 0 Å². The number of nitrogens with zero attached hydrogens (tertiary/aromatic N) is 2. The number of hydrogen-bond donors (Lipinski definition) is 1. The Hall–Kier alpha value is -1.88. The number of likely N-dealkylation sites (tertiary alicyclic amines) is 1. The molecule has 1 aromatic rings. The van der Waals surface area contributed by atoms with Crippen LogP contribution in [0.5, 0.6) is 0 Å². The molecule has 0 bridgehead atoms. The summed E-state index contributed by atoms with van der Waals surface area (Å²) in [5, 5.41) is 2.89. The SMILES string of the molecule is Cc1ccc(NC(=O)CN(C)CC(=O)N2CCC[C@@H]3CCCC[C@@H]32)cc1. The van der Waals surface area contributed by atoms with Gasteiger partial charge in [0, 0.05) is 18.3 Å². The first-order valence-electron chi connectivity index (χ1n) is 9.87. The predicted octanol–water partition coefficient (Wildman–Crippen LogP) is 3.05. The molecule has 1 aromatic carbocycles. The Morgan fingerprint density at radius 3 is 2.54 bits per heavy atom. The summed E-state index contributed by atoms with van der Waals surface area (Å²) < 4.78 is 0. The van der Waals surface area contributed by atoms with Gasteiger partial charge >= 0.3 is 0 Å². The van der Waals surface area contributed by atoms with Crippen molar-refractivity contribution in [3.8, 4) is 0 Å². The van der Waals surface area contributed by atoms with Gasteiger partial charge in [-0.2, -0.15) is 0 Å². The van der Waals surface area contributed by atoms with Crippen molar-refractivity contribution in [3.05, 3.63) is 29.8 Å². The number of benzene rings is 1. The molecule has 3 rings (SSSR count). The van der Waals surface area contributed by atoms with E-state index in [1.165, 1.54) is 25.7 Å². The highest BCUT2D eigenvalue weighted by Crippen LogP contribution is 2.35. The highest BCUT2D eigenvalue weighted by atomic mass is 16.2. The van der Waals surface area contributed by atoms with Crippen molar-refractivity contribution >= 4 is 17.5 Å². The van der Waals surface area contributed by atoms with E-state index >= 15 is 0 Å². The third-order valence-electron chi connectivity index (χ3n) is 5.72. The second-order valence-corrected chi connectivity index (χ2v) is 7.93. The Kier molecular flexibility index (Phi) is 6.30. The minimum absolute atomic E-state index is 0.0849. The summed E-state index contributed by atoms with van der Waals surface area (Å²) in [6, 6.07) is 8.17. The minimum Gasteiger partial charge on any atom is -0.338 e. The summed E-state index contributed by atoms with van der Waals surface area (Å²) in [6.07, 6.45) is 7.34. The molecule has 1 saturated carbocycles. The molecular weight excluding hydrogens is 326 g/mol. The maximum absolute atomic E-state index is 12.8. The van der Waals surface area contributed by atoms with E-state index in [2.05, 4.69) is 10.2 Å². The lowest BCUT2D eigenvalue weighted by molar-refractivity contribution is -0.138. The van der Waals surface area contributed by atoms with Gasteiger partial charge < -0.3 is 10.2 Å². The summed E-state index contributed by atoms with van der Waals surface area (Å²) >= 11 is 0. The molecular formula is C21H31N3O2. The van der Waals surface area contributed by atoms with Crippen molar-refractivity contribution in [1.29, 1.82) is 0 Å². The molecule has 142 valence electrons. The summed E-state index contributed by atoms with van der Waals surface area (Å²) in [5.74, 6) is 0.780. The minimum atomic E-state index is -0.0849. The van der Waals surface area contributed by atoms with Crippen LogP contribution in [0.3, 0.4) is 0 Å². The zero-order valence-corrected chi connectivity index (χ0v) is 16.0. The largest absolute Gasteiger partial charge is 0.338 e. The molecule has 0 radical (unpaired) electrons. The molecule has 5 nitrogen and oxygen atoms in total. The normalized spacial score (nSPS) is 22.8. The van der Waals surface area contributed by atoms with E-state index in [4.69, 9.17) is 0 Å². The van der Waals surface area contributed by atoms with E-state index in [1.54, 1.807) is 0 Å². The summed E-state index contributed by atoms with van der Waals surface area (Å²) in [6.45, 7) is 3.43. The third-order valence-corrected chi connectivity index (χ3v) is 5.72. The standard InChI is InChI=1S/C21H31N3O2/c1-16-9-11-18(12-10-16)22-20(25)14-23(2)15-21(26)24-13-5-7-17-6-3-4-8-19(17)24/h9-12,17,19H,3-8,13-15H2,1-2H3,(H,22,25)/t17-,19-/m0/s1. The molecule has 1 aliphatic carbocycles. The van der Waals surface area contributed by atoms with Crippen LogP contribution in [-0.4, -0.2) is 54.3 Å². The van der Waals surface area contributed by atoms with E-state index in [1.807, 2.05) is 43.1 Å². The Morgan fingerprint density at radius 2 is 1.77 bits per heavy atom. The molecule has 2 aliphatic rings. The molecule has 26 heavy (non-hydrogen) atoms. The number of amides is 2. The molecule has 0 aromatic heterocycles. The number of piperidine rings is 1. The average molecular weight is 357 g/mol. The van der Waals surface area contributed by atoms with Crippen LogP contribution < -0.4 is 5.32 Å². The first-order chi connectivity index (χ1) is 12.5. The average Bonchev–Trinajstić information content (AvgIpc) is 2.63. The van der Waals surface area contributed by atoms with Crippen molar-refractivity contribution in [1.82, 2.24) is 9.80 Å². The molecule has 1 heterocycles. The zero-order chi connectivity index (χ0) is 18.5. The second kappa shape index (κ2) is 8.67. The van der Waals surface area contributed by atoms with E-state index < -0.39 is 0 Å². The van der Waals surface area contributed by atoms with Crippen molar-refractivity contribution < 1.29 is 9.59 Å². The number of carbonyl (C=O) groups excluding carboxylic acids is 2. The zero-order valence-electron chi connectivity index (χ0n) is 16.0. The number of aryl methyl sites for hydroxylation is 1. The first kappa shape index (κ1) is 18.9. The molecule has 2 amide bonds. The van der Waals surface area contributed by atoms with Gasteiger partial charge in [0.25, 0.3) is 0 Å². The number of rotatable bonds is 5. The van der Waals surface area contributed by atoms with Crippen LogP contribution in [0.4, 0.5) is 5.69 Å². The first-order valence-corrected chi connectivity index (χ1v) is 9.87. The number of anilines is 1. The van der Waals surface area contributed by atoms with Crippen LogP contribution >= 0.6 is 0 Å². The van der Waals surface area contributed by atoms with Crippen molar-refractivity contribution in [2.75, 3.05) is 32.0 Å². The Labute approximate surface area is 156 Å². The second-order valence-electron chi connectivity index (χ2n) is 7.93. The molecule has 1 aliphatic heterocycles. The van der Waals surface area contributed by atoms with Gasteiger partial charge in [-0.15, -0.1) is 0 Å². The fourth-order valence-corrected chi connectivity index (χ4v) is 4.39. The highest BCUT2D eigenvalue weighted by molar-refractivity contribution is 5.92. The Morgan fingerprint density at radius 1 is 1.08 bits per heavy atom. The molecule has 2 atom stereocenters. The van der Waals surface area contributed by atoms with Crippen LogP contribution in [0.25, 0.3) is 0 Å². The fourth-order valence-electron chi connectivity index (χ4n) is 4.39. The quantitative estimate of drug-likeness (QED) is 0.881. The number of hydrogen-bond acceptors (Lipinski definition) is 3. The lowest BCUT2D eigenvalue weighted by Gasteiger charge is -2.44. The van der Waals surface area contributed by atoms with E-state index in [0.29, 0.717) is 18.5 Å². The van der Waals surface area contributed by atoms with Crippen LogP contribution in [-0.2, 0) is 9.59 Å². The van der Waals surface area contributed by atoms with Gasteiger partial charge in [0.2, 0.25) is 11.8 Å². The number of carbonyl (C=O) groups is 2. The van der Waals surface area contributed by atoms with Crippen molar-refractivity contribution in [2.24, 2.45) is 5.92 Å². The van der Waals surface area contributed by atoms with E-state index in [9.17, 15) is 9.59 Å². The molecule has 2 fully saturated rings. The van der Waals surface area contributed by atoms with Gasteiger partial charge in [-0.1, -0.05) is 30.5 Å². The summed E-state index contributed by atoms with van der Waals surface area (Å²) in [4.78, 5) is 28.9. The smallest absolute Gasteiger partial charge is 0.238 e. The molecule has 0 spiro atoms. The highest BCUT2D eigenvalue weighted by Gasteiger charge is 2.35. The van der Waals surface area contributed by atoms with Gasteiger partial charge in [-0.3, -0.25) is 14.5 Å². The van der Waals surface area contributed by atoms with Gasteiger partial charge in [-0.05, 0) is 57.7 Å². The van der Waals surface area contributed by atoms with Crippen LogP contribution in [0, 0.1) is 12.8 Å². The monoisotopic (exact) mass is 357 g/mol. The fraction of sp³-hybridized carbons (Fsp3) is 0.619. The Bertz CT molecular complexity index is 627. The van der Waals surface area contributed by atoms with Crippen molar-refractivity contribution in [3.63, 3.8) is 0 Å². The van der Waals surface area contributed by atoms with E-state index in [-0.39, 0.29) is 18.4 Å². The Balaban J connectivity index is 1.48. The maximum atomic E-state index is 12.8. The third kappa shape index (κ3) is 4.85. The maximum Gasteiger partial charge on any atom is 0.238 e. The topological polar surface area (TPSA) is 52.7 Å². The summed E-state index contributed by atoms with van der Waals surface area (Å²) in [5.41, 5.74) is 1.95. The van der Waals surface area contributed by atoms with E-state index in [0.717, 1.165) is 30.6 Å². The lowest BCUT2D eigenvalue weighted by Crippen LogP contribution is -2.52. The van der Waals surface area contributed by atoms with Gasteiger partial charge in [0.1, 0.15) is 0 Å². The molecule has 1 N–H and O–H groups in total. The van der Waals surface area contributed by atoms with Gasteiger partial charge in [0.15, 0.2) is 0 Å². The predicted molar refractivity (Wildman–Crippen MR) is 104 cm³/mol. The number of fused-ring (bicyclic) bond motifs is 1. The van der Waals surface area contributed by atoms with Crippen LogP contribution in [0.15, 0.2) is 24.3 Å². The molecule has 5 heteroatoms. The lowest BCUT2D eigenvalue weighted by atomic mass is 9.78. The van der Waals surface area contributed by atoms with Gasteiger partial charge in [0.05, 0.1) is 13.1 Å².